The first-order valence-corrected chi connectivity index (χ1v) is 8.29. The molecule has 2 aromatic rings. The summed E-state index contributed by atoms with van der Waals surface area (Å²) >= 11 is 5.88. The number of amides is 1. The first-order chi connectivity index (χ1) is 11.5. The maximum absolute atomic E-state index is 12.1. The fraction of sp³-hybridized carbons (Fsp3) is 0.333. The summed E-state index contributed by atoms with van der Waals surface area (Å²) in [4.78, 5) is 18.4. The summed E-state index contributed by atoms with van der Waals surface area (Å²) in [5.74, 6) is 0.615. The third-order valence-electron chi connectivity index (χ3n) is 3.50. The van der Waals surface area contributed by atoms with Crippen LogP contribution >= 0.6 is 11.6 Å². The molecule has 0 radical (unpaired) electrons. The molecule has 0 unspecified atom stereocenters. The molecule has 1 heterocycles. The molecule has 0 aliphatic carbocycles. The Morgan fingerprint density at radius 1 is 1.17 bits per heavy atom. The van der Waals surface area contributed by atoms with Gasteiger partial charge < -0.3 is 15.5 Å². The Bertz CT molecular complexity index is 658. The van der Waals surface area contributed by atoms with Gasteiger partial charge in [-0.3, -0.25) is 4.79 Å². The van der Waals surface area contributed by atoms with Gasteiger partial charge >= 0.3 is 0 Å². The first kappa shape index (κ1) is 18.2. The number of carbonyl (C=O) groups excluding carboxylic acids is 1. The molecular weight excluding hydrogens is 324 g/mol. The van der Waals surface area contributed by atoms with Crippen LogP contribution < -0.4 is 10.6 Å². The molecule has 0 saturated carbocycles. The zero-order chi connectivity index (χ0) is 17.4. The molecule has 0 saturated heterocycles. The van der Waals surface area contributed by atoms with E-state index in [0.717, 1.165) is 24.5 Å². The number of hydrogen-bond donors (Lipinski definition) is 2. The van der Waals surface area contributed by atoms with Crippen molar-refractivity contribution in [3.05, 3.63) is 58.7 Å². The minimum Gasteiger partial charge on any atom is -0.370 e. The number of likely N-dealkylation sites (N-methyl/N-ethyl adjacent to an activating group) is 1. The Labute approximate surface area is 148 Å². The van der Waals surface area contributed by atoms with E-state index in [1.54, 1.807) is 18.3 Å². The minimum atomic E-state index is -0.0833. The van der Waals surface area contributed by atoms with E-state index in [0.29, 0.717) is 17.9 Å². The van der Waals surface area contributed by atoms with Gasteiger partial charge in [-0.05, 0) is 50.3 Å². The van der Waals surface area contributed by atoms with Crippen LogP contribution in [0.4, 0.5) is 5.82 Å². The number of nitrogens with zero attached hydrogens (tertiary/aromatic N) is 2. The van der Waals surface area contributed by atoms with Crippen LogP contribution in [0.15, 0.2) is 42.6 Å². The Hall–Kier alpha value is -2.11. The number of nitrogens with one attached hydrogen (secondary N) is 2. The number of halogens is 1. The maximum Gasteiger partial charge on any atom is 0.251 e. The molecule has 6 heteroatoms. The van der Waals surface area contributed by atoms with E-state index in [4.69, 9.17) is 11.6 Å². The van der Waals surface area contributed by atoms with Crippen molar-refractivity contribution in [1.29, 1.82) is 0 Å². The quantitative estimate of drug-likeness (QED) is 0.771. The van der Waals surface area contributed by atoms with E-state index >= 15 is 0 Å². The highest BCUT2D eigenvalue weighted by molar-refractivity contribution is 6.30. The number of anilines is 1. The van der Waals surface area contributed by atoms with E-state index in [-0.39, 0.29) is 5.91 Å². The normalized spacial score (nSPS) is 10.7. The summed E-state index contributed by atoms with van der Waals surface area (Å²) in [6.45, 7) is 2.16. The first-order valence-electron chi connectivity index (χ1n) is 7.92. The summed E-state index contributed by atoms with van der Waals surface area (Å²) in [6.07, 6.45) is 2.50. The second-order valence-corrected chi connectivity index (χ2v) is 6.23. The average molecular weight is 347 g/mol. The Kier molecular flexibility index (Phi) is 7.03. The second-order valence-electron chi connectivity index (χ2n) is 5.79. The Morgan fingerprint density at radius 2 is 1.92 bits per heavy atom. The third-order valence-corrected chi connectivity index (χ3v) is 3.75. The van der Waals surface area contributed by atoms with Crippen molar-refractivity contribution in [3.63, 3.8) is 0 Å². The van der Waals surface area contributed by atoms with Crippen molar-refractivity contribution >= 4 is 23.3 Å². The highest BCUT2D eigenvalue weighted by Gasteiger charge is 2.06. The van der Waals surface area contributed by atoms with Crippen molar-refractivity contribution in [3.8, 4) is 0 Å². The predicted molar refractivity (Wildman–Crippen MR) is 98.8 cm³/mol. The standard InChI is InChI=1S/C18H23ClN4O/c1-23(2)12-11-22-18(24)15-8-10-21-17(13-15)20-9-7-14-3-5-16(19)6-4-14/h3-6,8,10,13H,7,9,11-12H2,1-2H3,(H,20,21)(H,22,24). The molecule has 0 fully saturated rings. The second kappa shape index (κ2) is 9.25. The summed E-state index contributed by atoms with van der Waals surface area (Å²) < 4.78 is 0. The molecule has 1 amide bonds. The van der Waals surface area contributed by atoms with Crippen molar-refractivity contribution in [2.75, 3.05) is 39.0 Å². The van der Waals surface area contributed by atoms with Crippen molar-refractivity contribution in [2.45, 2.75) is 6.42 Å². The number of aromatic nitrogens is 1. The molecule has 0 bridgehead atoms. The summed E-state index contributed by atoms with van der Waals surface area (Å²) in [7, 11) is 3.95. The number of pyridine rings is 1. The van der Waals surface area contributed by atoms with Crippen LogP contribution in [0.3, 0.4) is 0 Å². The van der Waals surface area contributed by atoms with Crippen molar-refractivity contribution in [1.82, 2.24) is 15.2 Å². The van der Waals surface area contributed by atoms with Crippen molar-refractivity contribution < 1.29 is 4.79 Å². The van der Waals surface area contributed by atoms with Gasteiger partial charge in [-0.2, -0.15) is 0 Å². The molecule has 2 rings (SSSR count). The monoisotopic (exact) mass is 346 g/mol. The number of benzene rings is 1. The van der Waals surface area contributed by atoms with Gasteiger partial charge in [0, 0.05) is 36.4 Å². The summed E-state index contributed by atoms with van der Waals surface area (Å²) in [5, 5.41) is 6.88. The van der Waals surface area contributed by atoms with E-state index in [1.807, 2.05) is 43.3 Å². The van der Waals surface area contributed by atoms with Crippen LogP contribution in [-0.4, -0.2) is 49.5 Å². The van der Waals surface area contributed by atoms with E-state index < -0.39 is 0 Å². The van der Waals surface area contributed by atoms with Gasteiger partial charge in [-0.15, -0.1) is 0 Å². The van der Waals surface area contributed by atoms with Gasteiger partial charge in [0.15, 0.2) is 0 Å². The van der Waals surface area contributed by atoms with Gasteiger partial charge in [0.1, 0.15) is 5.82 Å². The largest absolute Gasteiger partial charge is 0.370 e. The van der Waals surface area contributed by atoms with Crippen LogP contribution in [0.25, 0.3) is 0 Å². The average Bonchev–Trinajstić information content (AvgIpc) is 2.56. The predicted octanol–water partition coefficient (Wildman–Crippen LogP) is 2.68. The van der Waals surface area contributed by atoms with Gasteiger partial charge in [0.2, 0.25) is 0 Å². The molecule has 2 N–H and O–H groups in total. The number of carbonyl (C=O) groups is 1. The summed E-state index contributed by atoms with van der Waals surface area (Å²) in [6, 6.07) is 11.3. The molecule has 24 heavy (non-hydrogen) atoms. The van der Waals surface area contributed by atoms with Crippen LogP contribution in [0, 0.1) is 0 Å². The van der Waals surface area contributed by atoms with Gasteiger partial charge in [-0.25, -0.2) is 4.98 Å². The van der Waals surface area contributed by atoms with E-state index in [9.17, 15) is 4.79 Å². The minimum absolute atomic E-state index is 0.0833. The van der Waals surface area contributed by atoms with Gasteiger partial charge in [0.25, 0.3) is 5.91 Å². The molecule has 0 aliphatic rings. The fourth-order valence-electron chi connectivity index (χ4n) is 2.15. The van der Waals surface area contributed by atoms with Gasteiger partial charge in [0.05, 0.1) is 0 Å². The molecule has 0 spiro atoms. The molecule has 5 nitrogen and oxygen atoms in total. The maximum atomic E-state index is 12.1. The lowest BCUT2D eigenvalue weighted by molar-refractivity contribution is 0.0951. The smallest absolute Gasteiger partial charge is 0.251 e. The van der Waals surface area contributed by atoms with E-state index in [2.05, 4.69) is 15.6 Å². The van der Waals surface area contributed by atoms with Crippen LogP contribution in [-0.2, 0) is 6.42 Å². The van der Waals surface area contributed by atoms with Crippen LogP contribution in [0.1, 0.15) is 15.9 Å². The van der Waals surface area contributed by atoms with Crippen molar-refractivity contribution in [2.24, 2.45) is 0 Å². The molecule has 1 aromatic heterocycles. The van der Waals surface area contributed by atoms with Crippen LogP contribution in [0.5, 0.6) is 0 Å². The molecule has 128 valence electrons. The number of rotatable bonds is 8. The Balaban J connectivity index is 1.83. The molecule has 0 atom stereocenters. The lowest BCUT2D eigenvalue weighted by Crippen LogP contribution is -2.31. The third kappa shape index (κ3) is 6.18. The number of hydrogen-bond acceptors (Lipinski definition) is 4. The molecule has 0 aliphatic heterocycles. The highest BCUT2D eigenvalue weighted by atomic mass is 35.5. The Morgan fingerprint density at radius 3 is 2.62 bits per heavy atom. The zero-order valence-corrected chi connectivity index (χ0v) is 14.8. The highest BCUT2D eigenvalue weighted by Crippen LogP contribution is 2.11. The topological polar surface area (TPSA) is 57.3 Å². The zero-order valence-electron chi connectivity index (χ0n) is 14.1. The lowest BCUT2D eigenvalue weighted by Gasteiger charge is -2.11. The fourth-order valence-corrected chi connectivity index (χ4v) is 2.28. The molecular formula is C18H23ClN4O. The summed E-state index contributed by atoms with van der Waals surface area (Å²) in [5.41, 5.74) is 1.81. The molecule has 1 aromatic carbocycles. The van der Waals surface area contributed by atoms with Crippen LogP contribution in [0.2, 0.25) is 5.02 Å². The van der Waals surface area contributed by atoms with Gasteiger partial charge in [-0.1, -0.05) is 23.7 Å². The van der Waals surface area contributed by atoms with E-state index in [1.165, 1.54) is 5.56 Å². The lowest BCUT2D eigenvalue weighted by atomic mass is 10.1. The SMILES string of the molecule is CN(C)CCNC(=O)c1ccnc(NCCc2ccc(Cl)cc2)c1.